The number of fused-ring (bicyclic) bond motifs is 1. The summed E-state index contributed by atoms with van der Waals surface area (Å²) in [7, 11) is 0. The number of nitrogens with one attached hydrogen (secondary N) is 1. The van der Waals surface area contributed by atoms with Crippen LogP contribution in [0.1, 0.15) is 29.2 Å². The van der Waals surface area contributed by atoms with Crippen LogP contribution in [0.25, 0.3) is 0 Å². The van der Waals surface area contributed by atoms with Gasteiger partial charge in [-0.3, -0.25) is 0 Å². The van der Waals surface area contributed by atoms with E-state index < -0.39 is 0 Å². The molecular weight excluding hydrogens is 242 g/mol. The quantitative estimate of drug-likeness (QED) is 0.883. The minimum absolute atomic E-state index is 0.408. The second-order valence-corrected chi connectivity index (χ2v) is 5.55. The highest BCUT2D eigenvalue weighted by molar-refractivity contribution is 7.07. The van der Waals surface area contributed by atoms with Crippen LogP contribution in [-0.4, -0.2) is 11.7 Å². The first kappa shape index (κ1) is 11.8. The first-order valence-electron chi connectivity index (χ1n) is 6.40. The topological polar surface area (TPSA) is 32.3 Å². The van der Waals surface area contributed by atoms with Crippen molar-refractivity contribution in [1.82, 2.24) is 5.32 Å². The van der Waals surface area contributed by atoms with Crippen molar-refractivity contribution in [2.45, 2.75) is 25.3 Å². The highest BCUT2D eigenvalue weighted by Crippen LogP contribution is 2.36. The van der Waals surface area contributed by atoms with Gasteiger partial charge in [0.2, 0.25) is 0 Å². The summed E-state index contributed by atoms with van der Waals surface area (Å²) >= 11 is 1.75. The average Bonchev–Trinajstić information content (AvgIpc) is 3.00. The van der Waals surface area contributed by atoms with Gasteiger partial charge in [0.05, 0.1) is 0 Å². The van der Waals surface area contributed by atoms with Crippen LogP contribution in [0.15, 0.2) is 35.0 Å². The second-order valence-electron chi connectivity index (χ2n) is 4.77. The summed E-state index contributed by atoms with van der Waals surface area (Å²) in [4.78, 5) is 0. The Labute approximate surface area is 111 Å². The SMILES string of the molecule is Oc1cccc2c1CCC2NCCc1ccsc1. The van der Waals surface area contributed by atoms with Crippen LogP contribution in [0, 0.1) is 0 Å². The third-order valence-corrected chi connectivity index (χ3v) is 4.36. The van der Waals surface area contributed by atoms with Gasteiger partial charge in [-0.1, -0.05) is 12.1 Å². The Hall–Kier alpha value is -1.32. The Kier molecular flexibility index (Phi) is 3.35. The van der Waals surface area contributed by atoms with Crippen molar-refractivity contribution >= 4 is 11.3 Å². The van der Waals surface area contributed by atoms with E-state index >= 15 is 0 Å². The Morgan fingerprint density at radius 1 is 1.33 bits per heavy atom. The fraction of sp³-hybridized carbons (Fsp3) is 0.333. The molecule has 1 aliphatic carbocycles. The molecule has 1 unspecified atom stereocenters. The summed E-state index contributed by atoms with van der Waals surface area (Å²) in [5.41, 5.74) is 3.81. The summed E-state index contributed by atoms with van der Waals surface area (Å²) < 4.78 is 0. The average molecular weight is 259 g/mol. The first-order chi connectivity index (χ1) is 8.84. The minimum atomic E-state index is 0.408. The third-order valence-electron chi connectivity index (χ3n) is 3.63. The zero-order valence-electron chi connectivity index (χ0n) is 10.2. The van der Waals surface area contributed by atoms with E-state index in [1.54, 1.807) is 17.4 Å². The van der Waals surface area contributed by atoms with Gasteiger partial charge in [0.1, 0.15) is 5.75 Å². The van der Waals surface area contributed by atoms with E-state index in [9.17, 15) is 5.11 Å². The van der Waals surface area contributed by atoms with E-state index in [-0.39, 0.29) is 0 Å². The predicted octanol–water partition coefficient (Wildman–Crippen LogP) is 3.27. The van der Waals surface area contributed by atoms with Crippen LogP contribution in [0.2, 0.25) is 0 Å². The minimum Gasteiger partial charge on any atom is -0.508 e. The maximum Gasteiger partial charge on any atom is 0.119 e. The molecule has 0 saturated carbocycles. The van der Waals surface area contributed by atoms with E-state index in [2.05, 4.69) is 28.2 Å². The Morgan fingerprint density at radius 3 is 3.11 bits per heavy atom. The molecule has 0 spiro atoms. The summed E-state index contributed by atoms with van der Waals surface area (Å²) in [5.74, 6) is 0.453. The number of phenols is 1. The molecule has 2 N–H and O–H groups in total. The number of aromatic hydroxyl groups is 1. The van der Waals surface area contributed by atoms with Crippen molar-refractivity contribution < 1.29 is 5.11 Å². The van der Waals surface area contributed by atoms with E-state index in [4.69, 9.17) is 0 Å². The lowest BCUT2D eigenvalue weighted by Gasteiger charge is -2.13. The fourth-order valence-corrected chi connectivity index (χ4v) is 3.38. The maximum atomic E-state index is 9.80. The lowest BCUT2D eigenvalue weighted by molar-refractivity contribution is 0.469. The molecule has 0 radical (unpaired) electrons. The van der Waals surface area contributed by atoms with Gasteiger partial charge < -0.3 is 10.4 Å². The molecule has 1 aliphatic rings. The first-order valence-corrected chi connectivity index (χ1v) is 7.34. The molecule has 0 aliphatic heterocycles. The molecule has 0 saturated heterocycles. The van der Waals surface area contributed by atoms with Crippen LogP contribution < -0.4 is 5.32 Å². The Balaban J connectivity index is 1.61. The number of rotatable bonds is 4. The van der Waals surface area contributed by atoms with Crippen LogP contribution in [0.4, 0.5) is 0 Å². The molecule has 1 aromatic heterocycles. The third kappa shape index (κ3) is 2.28. The van der Waals surface area contributed by atoms with E-state index in [1.807, 2.05) is 6.07 Å². The molecule has 94 valence electrons. The normalized spacial score (nSPS) is 17.9. The maximum absolute atomic E-state index is 9.80. The highest BCUT2D eigenvalue weighted by Gasteiger charge is 2.23. The monoisotopic (exact) mass is 259 g/mol. The molecule has 0 amide bonds. The molecule has 0 fully saturated rings. The summed E-state index contributed by atoms with van der Waals surface area (Å²) in [6.45, 7) is 0.997. The summed E-state index contributed by atoms with van der Waals surface area (Å²) in [6, 6.07) is 8.44. The van der Waals surface area contributed by atoms with Crippen molar-refractivity contribution in [3.8, 4) is 5.75 Å². The molecular formula is C15H17NOS. The largest absolute Gasteiger partial charge is 0.508 e. The molecule has 3 heteroatoms. The van der Waals surface area contributed by atoms with Crippen molar-refractivity contribution in [3.05, 3.63) is 51.7 Å². The number of hydrogen-bond donors (Lipinski definition) is 2. The van der Waals surface area contributed by atoms with Crippen molar-refractivity contribution in [3.63, 3.8) is 0 Å². The van der Waals surface area contributed by atoms with Gasteiger partial charge in [-0.05, 0) is 65.4 Å². The highest BCUT2D eigenvalue weighted by atomic mass is 32.1. The van der Waals surface area contributed by atoms with E-state index in [0.717, 1.165) is 31.4 Å². The van der Waals surface area contributed by atoms with Gasteiger partial charge in [0.25, 0.3) is 0 Å². The smallest absolute Gasteiger partial charge is 0.119 e. The lowest BCUT2D eigenvalue weighted by atomic mass is 10.1. The molecule has 3 rings (SSSR count). The molecule has 1 aromatic carbocycles. The predicted molar refractivity (Wildman–Crippen MR) is 75.2 cm³/mol. The Morgan fingerprint density at radius 2 is 2.28 bits per heavy atom. The molecule has 0 bridgehead atoms. The van der Waals surface area contributed by atoms with Crippen molar-refractivity contribution in [2.75, 3.05) is 6.54 Å². The van der Waals surface area contributed by atoms with E-state index in [0.29, 0.717) is 11.8 Å². The van der Waals surface area contributed by atoms with Crippen molar-refractivity contribution in [2.24, 2.45) is 0 Å². The fourth-order valence-electron chi connectivity index (χ4n) is 2.67. The van der Waals surface area contributed by atoms with Crippen molar-refractivity contribution in [1.29, 1.82) is 0 Å². The Bertz CT molecular complexity index is 521. The molecule has 2 nitrogen and oxygen atoms in total. The molecule has 18 heavy (non-hydrogen) atoms. The van der Waals surface area contributed by atoms with Crippen LogP contribution in [-0.2, 0) is 12.8 Å². The number of phenolic OH excluding ortho intramolecular Hbond substituents is 1. The van der Waals surface area contributed by atoms with E-state index in [1.165, 1.54) is 11.1 Å². The molecule has 1 atom stereocenters. The lowest BCUT2D eigenvalue weighted by Crippen LogP contribution is -2.21. The summed E-state index contributed by atoms with van der Waals surface area (Å²) in [5, 5.41) is 17.7. The molecule has 2 aromatic rings. The van der Waals surface area contributed by atoms with Gasteiger partial charge in [0, 0.05) is 6.04 Å². The van der Waals surface area contributed by atoms with Gasteiger partial charge in [-0.15, -0.1) is 0 Å². The summed E-state index contributed by atoms with van der Waals surface area (Å²) in [6.07, 6.45) is 3.16. The zero-order chi connectivity index (χ0) is 12.4. The molecule has 1 heterocycles. The number of hydrogen-bond acceptors (Lipinski definition) is 3. The van der Waals surface area contributed by atoms with Crippen LogP contribution in [0.5, 0.6) is 5.75 Å². The number of thiophene rings is 1. The van der Waals surface area contributed by atoms with Gasteiger partial charge in [0.15, 0.2) is 0 Å². The van der Waals surface area contributed by atoms with Gasteiger partial charge in [-0.2, -0.15) is 11.3 Å². The number of benzene rings is 1. The second kappa shape index (κ2) is 5.12. The van der Waals surface area contributed by atoms with Crippen LogP contribution >= 0.6 is 11.3 Å². The van der Waals surface area contributed by atoms with Gasteiger partial charge >= 0.3 is 0 Å². The van der Waals surface area contributed by atoms with Gasteiger partial charge in [-0.25, -0.2) is 0 Å². The zero-order valence-corrected chi connectivity index (χ0v) is 11.0. The van der Waals surface area contributed by atoms with Crippen LogP contribution in [0.3, 0.4) is 0 Å². The standard InChI is InChI=1S/C15H17NOS/c17-15-3-1-2-12-13(15)4-5-14(12)16-8-6-11-7-9-18-10-11/h1-3,7,9-10,14,16-17H,4-6,8H2.